The van der Waals surface area contributed by atoms with Crippen molar-refractivity contribution < 1.29 is 36.8 Å². The zero-order valence-corrected chi connectivity index (χ0v) is 21.2. The van der Waals surface area contributed by atoms with Gasteiger partial charge in [0.2, 0.25) is 5.78 Å². The van der Waals surface area contributed by atoms with E-state index in [0.717, 1.165) is 18.2 Å². The van der Waals surface area contributed by atoms with Crippen LogP contribution in [0.3, 0.4) is 0 Å². The van der Waals surface area contributed by atoms with E-state index in [1.165, 1.54) is 6.92 Å². The van der Waals surface area contributed by atoms with Crippen LogP contribution in [0, 0.1) is 34.5 Å². The fraction of sp³-hybridized carbons (Fsp3) is 0.720. The van der Waals surface area contributed by atoms with E-state index in [4.69, 9.17) is 8.92 Å². The molecule has 0 saturated heterocycles. The second-order valence-electron chi connectivity index (χ2n) is 11.1. The lowest BCUT2D eigenvalue weighted by Crippen LogP contribution is -2.63. The molecule has 1 N–H and O–H groups in total. The second kappa shape index (κ2) is 8.10. The molecule has 0 amide bonds. The van der Waals surface area contributed by atoms with E-state index in [2.05, 4.69) is 13.8 Å². The van der Waals surface area contributed by atoms with Gasteiger partial charge in [0.25, 0.3) is 10.1 Å². The molecule has 4 rings (SSSR count). The molecule has 0 heterocycles. The summed E-state index contributed by atoms with van der Waals surface area (Å²) >= 11 is 0. The van der Waals surface area contributed by atoms with Crippen molar-refractivity contribution in [3.05, 3.63) is 23.8 Å². The minimum absolute atomic E-state index is 0.0322. The van der Waals surface area contributed by atoms with Crippen LogP contribution in [0.1, 0.15) is 53.4 Å². The van der Waals surface area contributed by atoms with E-state index in [1.54, 1.807) is 12.2 Å². The number of ether oxygens (including phenoxy) is 1. The van der Waals surface area contributed by atoms with Crippen molar-refractivity contribution in [2.75, 3.05) is 12.9 Å². The van der Waals surface area contributed by atoms with Gasteiger partial charge in [-0.15, -0.1) is 0 Å². The molecule has 0 spiro atoms. The Kier molecular flexibility index (Phi) is 6.02. The second-order valence-corrected chi connectivity index (χ2v) is 12.7. The fourth-order valence-corrected chi connectivity index (χ4v) is 8.26. The summed E-state index contributed by atoms with van der Waals surface area (Å²) in [6.07, 6.45) is 7.07. The summed E-state index contributed by atoms with van der Waals surface area (Å²) in [6.45, 7) is 6.55. The third-order valence-corrected chi connectivity index (χ3v) is 9.66. The maximum Gasteiger partial charge on any atom is 0.303 e. The van der Waals surface area contributed by atoms with Crippen molar-refractivity contribution in [1.82, 2.24) is 0 Å². The lowest BCUT2D eigenvalue weighted by molar-refractivity contribution is -0.199. The average Bonchev–Trinajstić information content (AvgIpc) is 2.99. The van der Waals surface area contributed by atoms with Crippen LogP contribution in [0.5, 0.6) is 0 Å². The number of esters is 1. The van der Waals surface area contributed by atoms with E-state index >= 15 is 0 Å². The molecule has 8 atom stereocenters. The molecule has 0 radical (unpaired) electrons. The van der Waals surface area contributed by atoms with Crippen LogP contribution >= 0.6 is 0 Å². The Labute approximate surface area is 200 Å². The molecule has 9 heteroatoms. The third-order valence-electron chi connectivity index (χ3n) is 9.11. The van der Waals surface area contributed by atoms with Crippen LogP contribution < -0.4 is 0 Å². The number of ketones is 2. The van der Waals surface area contributed by atoms with E-state index in [1.807, 2.05) is 13.0 Å². The van der Waals surface area contributed by atoms with Gasteiger partial charge in [0.1, 0.15) is 6.61 Å². The molecule has 0 aromatic heterocycles. The van der Waals surface area contributed by atoms with Gasteiger partial charge < -0.3 is 9.84 Å². The first-order valence-corrected chi connectivity index (χ1v) is 13.7. The molecular formula is C25H34O8S. The SMILES string of the molecule is CC(=O)O[C@]1(C(=O)COS(C)(=O)=O)CC[C@H]2[C@@H]3C[C@H](C)C4=CC(=O)C=C[C@]4(C)[C@H]3[C@@H](O)C[C@@]21C. The summed E-state index contributed by atoms with van der Waals surface area (Å²) < 4.78 is 33.7. The molecule has 3 saturated carbocycles. The topological polar surface area (TPSA) is 124 Å². The lowest BCUT2D eigenvalue weighted by atomic mass is 9.44. The van der Waals surface area contributed by atoms with Gasteiger partial charge >= 0.3 is 5.97 Å². The molecule has 3 fully saturated rings. The predicted octanol–water partition coefficient (Wildman–Crippen LogP) is 2.36. The van der Waals surface area contributed by atoms with Gasteiger partial charge in [-0.05, 0) is 55.6 Å². The van der Waals surface area contributed by atoms with Crippen molar-refractivity contribution >= 4 is 27.7 Å². The summed E-state index contributed by atoms with van der Waals surface area (Å²) in [5, 5.41) is 11.6. The first-order valence-electron chi connectivity index (χ1n) is 11.9. The summed E-state index contributed by atoms with van der Waals surface area (Å²) in [5.41, 5.74) is -1.90. The number of hydrogen-bond donors (Lipinski definition) is 1. The highest BCUT2D eigenvalue weighted by Crippen LogP contribution is 2.68. The molecule has 4 aliphatic rings. The molecule has 0 bridgehead atoms. The monoisotopic (exact) mass is 494 g/mol. The summed E-state index contributed by atoms with van der Waals surface area (Å²) in [5.74, 6) is -1.30. The molecule has 4 aliphatic carbocycles. The van der Waals surface area contributed by atoms with Gasteiger partial charge in [-0.3, -0.25) is 18.6 Å². The summed E-state index contributed by atoms with van der Waals surface area (Å²) in [7, 11) is -3.87. The molecule has 8 nitrogen and oxygen atoms in total. The van der Waals surface area contributed by atoms with Gasteiger partial charge in [0.05, 0.1) is 12.4 Å². The molecule has 0 unspecified atom stereocenters. The maximum atomic E-state index is 13.5. The Bertz CT molecular complexity index is 1090. The van der Waals surface area contributed by atoms with Gasteiger partial charge in [0, 0.05) is 23.7 Å². The average molecular weight is 495 g/mol. The Balaban J connectivity index is 1.75. The molecule has 34 heavy (non-hydrogen) atoms. The van der Waals surface area contributed by atoms with Crippen molar-refractivity contribution in [2.45, 2.75) is 65.1 Å². The third kappa shape index (κ3) is 3.71. The van der Waals surface area contributed by atoms with E-state index in [0.29, 0.717) is 6.42 Å². The fourth-order valence-electron chi connectivity index (χ4n) is 7.94. The number of rotatable bonds is 5. The molecule has 0 aromatic carbocycles. The molecule has 0 aromatic rings. The number of carbonyl (C=O) groups is 3. The van der Waals surface area contributed by atoms with Crippen molar-refractivity contribution in [2.24, 2.45) is 34.5 Å². The van der Waals surface area contributed by atoms with Crippen LogP contribution in [0.15, 0.2) is 23.8 Å². The predicted molar refractivity (Wildman–Crippen MR) is 123 cm³/mol. The van der Waals surface area contributed by atoms with Gasteiger partial charge in [-0.2, -0.15) is 8.42 Å². The van der Waals surface area contributed by atoms with Gasteiger partial charge in [-0.25, -0.2) is 0 Å². The largest absolute Gasteiger partial charge is 0.451 e. The number of fused-ring (bicyclic) bond motifs is 5. The quantitative estimate of drug-likeness (QED) is 0.456. The number of Topliss-reactive ketones (excluding diaryl/α,β-unsaturated/α-hetero) is 1. The molecule has 0 aliphatic heterocycles. The Morgan fingerprint density at radius 3 is 2.56 bits per heavy atom. The highest BCUT2D eigenvalue weighted by atomic mass is 32.2. The number of aliphatic hydroxyl groups is 1. The zero-order chi connectivity index (χ0) is 25.3. The van der Waals surface area contributed by atoms with Crippen LogP contribution in [0.2, 0.25) is 0 Å². The van der Waals surface area contributed by atoms with Crippen LogP contribution in [-0.2, 0) is 33.4 Å². The zero-order valence-electron chi connectivity index (χ0n) is 20.4. The van der Waals surface area contributed by atoms with Crippen molar-refractivity contribution in [1.29, 1.82) is 0 Å². The summed E-state index contributed by atoms with van der Waals surface area (Å²) in [6, 6.07) is 0. The standard InChI is InChI=1S/C25H34O8S/c1-14-10-17-18-7-9-25(33-15(2)26,21(29)13-32-34(5,30)31)24(18,4)12-20(28)22(17)23(3)8-6-16(27)11-19(14)23/h6,8,11,14,17-18,20,22,28H,7,9-10,12-13H2,1-5H3/t14-,17-,18-,20-,22+,23-,24-,25-/m0/s1. The molecular weight excluding hydrogens is 460 g/mol. The maximum absolute atomic E-state index is 13.5. The van der Waals surface area contributed by atoms with Crippen LogP contribution in [0.4, 0.5) is 0 Å². The highest BCUT2D eigenvalue weighted by Gasteiger charge is 2.70. The first-order chi connectivity index (χ1) is 15.6. The summed E-state index contributed by atoms with van der Waals surface area (Å²) in [4.78, 5) is 37.7. The van der Waals surface area contributed by atoms with E-state index in [-0.39, 0.29) is 42.3 Å². The van der Waals surface area contributed by atoms with Gasteiger partial charge in [-0.1, -0.05) is 32.4 Å². The molecule has 188 valence electrons. The van der Waals surface area contributed by atoms with E-state index in [9.17, 15) is 27.9 Å². The van der Waals surface area contributed by atoms with E-state index < -0.39 is 51.0 Å². The van der Waals surface area contributed by atoms with Crippen molar-refractivity contribution in [3.8, 4) is 0 Å². The minimum Gasteiger partial charge on any atom is -0.451 e. The normalized spacial score (nSPS) is 43.4. The Hall–Kier alpha value is -1.84. The lowest BCUT2D eigenvalue weighted by Gasteiger charge is -2.61. The number of hydrogen-bond acceptors (Lipinski definition) is 8. The number of aliphatic hydroxyl groups excluding tert-OH is 1. The number of allylic oxidation sites excluding steroid dienone is 4. The first kappa shape index (κ1) is 25.3. The Morgan fingerprint density at radius 1 is 1.26 bits per heavy atom. The number of carbonyl (C=O) groups excluding carboxylic acids is 3. The smallest absolute Gasteiger partial charge is 0.303 e. The van der Waals surface area contributed by atoms with Crippen LogP contribution in [-0.4, -0.2) is 55.6 Å². The minimum atomic E-state index is -3.87. The van der Waals surface area contributed by atoms with Gasteiger partial charge in [0.15, 0.2) is 11.4 Å². The van der Waals surface area contributed by atoms with Crippen LogP contribution in [0.25, 0.3) is 0 Å². The Morgan fingerprint density at radius 2 is 1.94 bits per heavy atom. The highest BCUT2D eigenvalue weighted by molar-refractivity contribution is 7.86. The van der Waals surface area contributed by atoms with Crippen molar-refractivity contribution in [3.63, 3.8) is 0 Å².